The molecule has 0 aromatic heterocycles. The van der Waals surface area contributed by atoms with Crippen LogP contribution in [0.2, 0.25) is 0 Å². The van der Waals surface area contributed by atoms with E-state index < -0.39 is 0 Å². The summed E-state index contributed by atoms with van der Waals surface area (Å²) in [5.74, 6) is 0.0289. The van der Waals surface area contributed by atoms with Crippen LogP contribution in [0.1, 0.15) is 10.8 Å². The summed E-state index contributed by atoms with van der Waals surface area (Å²) in [5.41, 5.74) is 1.03. The third-order valence-corrected chi connectivity index (χ3v) is 2.97. The van der Waals surface area contributed by atoms with E-state index in [4.69, 9.17) is 0 Å². The van der Waals surface area contributed by atoms with Gasteiger partial charge < -0.3 is 5.32 Å². The Labute approximate surface area is 81.0 Å². The minimum atomic E-state index is -0.117. The summed E-state index contributed by atoms with van der Waals surface area (Å²) in [6, 6.07) is 9.72. The smallest absolute Gasteiger partial charge is 0.242 e. The molecule has 0 bridgehead atoms. The summed E-state index contributed by atoms with van der Waals surface area (Å²) in [5, 5.41) is 3.31. The zero-order valence-corrected chi connectivity index (χ0v) is 7.80. The molecular weight excluding hydrogens is 182 g/mol. The van der Waals surface area contributed by atoms with Crippen molar-refractivity contribution in [2.45, 2.75) is 5.25 Å². The highest BCUT2D eigenvalue weighted by Crippen LogP contribution is 2.37. The molecule has 1 heterocycles. The molecule has 2 rings (SSSR count). The maximum absolute atomic E-state index is 11.4. The highest BCUT2D eigenvalue weighted by Gasteiger charge is 2.28. The van der Waals surface area contributed by atoms with E-state index in [1.54, 1.807) is 0 Å². The second-order valence-electron chi connectivity index (χ2n) is 2.82. The number of carbonyl (C=O) groups is 1. The highest BCUT2D eigenvalue weighted by atomic mass is 32.2. The van der Waals surface area contributed by atoms with E-state index in [2.05, 4.69) is 11.9 Å². The lowest BCUT2D eigenvalue weighted by molar-refractivity contribution is -0.119. The molecule has 1 aromatic rings. The van der Waals surface area contributed by atoms with E-state index >= 15 is 0 Å². The van der Waals surface area contributed by atoms with Crippen molar-refractivity contribution >= 4 is 17.7 Å². The van der Waals surface area contributed by atoms with Crippen LogP contribution in [0.15, 0.2) is 41.9 Å². The van der Waals surface area contributed by atoms with Crippen LogP contribution in [0.3, 0.4) is 0 Å². The largest absolute Gasteiger partial charge is 0.320 e. The molecule has 1 N–H and O–H groups in total. The zero-order chi connectivity index (χ0) is 9.26. The van der Waals surface area contributed by atoms with Crippen LogP contribution < -0.4 is 5.32 Å². The van der Waals surface area contributed by atoms with Gasteiger partial charge in [0, 0.05) is 0 Å². The van der Waals surface area contributed by atoms with Gasteiger partial charge in [-0.1, -0.05) is 48.7 Å². The molecule has 1 amide bonds. The third kappa shape index (κ3) is 1.60. The molecule has 13 heavy (non-hydrogen) atoms. The third-order valence-electron chi connectivity index (χ3n) is 1.86. The lowest BCUT2D eigenvalue weighted by atomic mass is 10.1. The van der Waals surface area contributed by atoms with Crippen LogP contribution in [0.25, 0.3) is 0 Å². The number of carbonyl (C=O) groups excluding carboxylic acids is 1. The minimum absolute atomic E-state index is 0.0289. The van der Waals surface area contributed by atoms with Crippen molar-refractivity contribution in [1.82, 2.24) is 5.32 Å². The molecule has 0 spiro atoms. The number of nitrogens with one attached hydrogen (secondary N) is 1. The van der Waals surface area contributed by atoms with Gasteiger partial charge >= 0.3 is 0 Å². The first-order chi connectivity index (χ1) is 6.27. The van der Waals surface area contributed by atoms with Gasteiger partial charge in [0.1, 0.15) is 5.25 Å². The first kappa shape index (κ1) is 8.38. The molecule has 1 fully saturated rings. The number of hydrogen-bond acceptors (Lipinski definition) is 2. The van der Waals surface area contributed by atoms with E-state index in [0.717, 1.165) is 10.6 Å². The molecule has 2 nitrogen and oxygen atoms in total. The molecule has 1 unspecified atom stereocenters. The monoisotopic (exact) mass is 191 g/mol. The van der Waals surface area contributed by atoms with Gasteiger partial charge in [-0.15, -0.1) is 0 Å². The SMILES string of the molecule is C=C1NC(=O)C(c2ccccc2)S1. The van der Waals surface area contributed by atoms with Crippen molar-refractivity contribution < 1.29 is 4.79 Å². The van der Waals surface area contributed by atoms with Crippen molar-refractivity contribution in [3.63, 3.8) is 0 Å². The maximum atomic E-state index is 11.4. The van der Waals surface area contributed by atoms with Crippen LogP contribution in [0.5, 0.6) is 0 Å². The highest BCUT2D eigenvalue weighted by molar-refractivity contribution is 8.04. The fraction of sp³-hybridized carbons (Fsp3) is 0.100. The fourth-order valence-electron chi connectivity index (χ4n) is 1.28. The Morgan fingerprint density at radius 3 is 2.54 bits per heavy atom. The van der Waals surface area contributed by atoms with Crippen molar-refractivity contribution in [3.8, 4) is 0 Å². The first-order valence-corrected chi connectivity index (χ1v) is 4.87. The molecule has 1 aliphatic heterocycles. The molecule has 66 valence electrons. The molecular formula is C10H9NOS. The molecule has 0 aliphatic carbocycles. The Hall–Kier alpha value is -1.22. The molecule has 1 saturated heterocycles. The van der Waals surface area contributed by atoms with E-state index in [-0.39, 0.29) is 11.2 Å². The Morgan fingerprint density at radius 2 is 2.00 bits per heavy atom. The predicted octanol–water partition coefficient (Wildman–Crippen LogP) is 2.06. The van der Waals surface area contributed by atoms with Crippen LogP contribution in [-0.2, 0) is 4.79 Å². The van der Waals surface area contributed by atoms with Gasteiger partial charge in [0.05, 0.1) is 5.03 Å². The normalized spacial score (nSPS) is 21.7. The Morgan fingerprint density at radius 1 is 1.31 bits per heavy atom. The second-order valence-corrected chi connectivity index (χ2v) is 4.02. The van der Waals surface area contributed by atoms with E-state index in [1.807, 2.05) is 30.3 Å². The quantitative estimate of drug-likeness (QED) is 0.736. The number of benzene rings is 1. The maximum Gasteiger partial charge on any atom is 0.242 e. The van der Waals surface area contributed by atoms with Crippen LogP contribution in [0.4, 0.5) is 0 Å². The zero-order valence-electron chi connectivity index (χ0n) is 6.99. The van der Waals surface area contributed by atoms with Gasteiger partial charge in [-0.2, -0.15) is 0 Å². The molecule has 0 saturated carbocycles. The topological polar surface area (TPSA) is 29.1 Å². The minimum Gasteiger partial charge on any atom is -0.320 e. The molecule has 1 atom stereocenters. The lowest BCUT2D eigenvalue weighted by Gasteiger charge is -2.03. The Balaban J connectivity index is 2.28. The van der Waals surface area contributed by atoms with Crippen molar-refractivity contribution in [2.24, 2.45) is 0 Å². The summed E-state index contributed by atoms with van der Waals surface area (Å²) < 4.78 is 0. The molecule has 0 radical (unpaired) electrons. The van der Waals surface area contributed by atoms with Crippen molar-refractivity contribution in [2.75, 3.05) is 0 Å². The van der Waals surface area contributed by atoms with E-state index in [9.17, 15) is 4.79 Å². The molecule has 1 aromatic carbocycles. The fourth-order valence-corrected chi connectivity index (χ4v) is 2.18. The van der Waals surface area contributed by atoms with Crippen molar-refractivity contribution in [1.29, 1.82) is 0 Å². The first-order valence-electron chi connectivity index (χ1n) is 3.99. The molecule has 3 heteroatoms. The number of thioether (sulfide) groups is 1. The average Bonchev–Trinajstić information content (AvgIpc) is 2.47. The van der Waals surface area contributed by atoms with Crippen molar-refractivity contribution in [3.05, 3.63) is 47.5 Å². The standard InChI is InChI=1S/C10H9NOS/c1-7-11-10(12)9(13-7)8-5-3-2-4-6-8/h2-6,9H,1H2,(H,11,12). The second kappa shape index (κ2) is 3.26. The Kier molecular flexibility index (Phi) is 2.10. The van der Waals surface area contributed by atoms with E-state index in [0.29, 0.717) is 0 Å². The lowest BCUT2D eigenvalue weighted by Crippen LogP contribution is -2.16. The van der Waals surface area contributed by atoms with Gasteiger partial charge in [-0.25, -0.2) is 0 Å². The van der Waals surface area contributed by atoms with E-state index in [1.165, 1.54) is 11.8 Å². The predicted molar refractivity (Wildman–Crippen MR) is 54.1 cm³/mol. The van der Waals surface area contributed by atoms with Crippen LogP contribution >= 0.6 is 11.8 Å². The summed E-state index contributed by atoms with van der Waals surface area (Å²) in [4.78, 5) is 11.4. The number of amides is 1. The summed E-state index contributed by atoms with van der Waals surface area (Å²) in [7, 11) is 0. The van der Waals surface area contributed by atoms with Gasteiger partial charge in [0.25, 0.3) is 0 Å². The van der Waals surface area contributed by atoms with Crippen LogP contribution in [-0.4, -0.2) is 5.91 Å². The van der Waals surface area contributed by atoms with Gasteiger partial charge in [0.15, 0.2) is 0 Å². The van der Waals surface area contributed by atoms with Crippen LogP contribution in [0, 0.1) is 0 Å². The van der Waals surface area contributed by atoms with Gasteiger partial charge in [0.2, 0.25) is 5.91 Å². The number of hydrogen-bond donors (Lipinski definition) is 1. The molecule has 1 aliphatic rings. The average molecular weight is 191 g/mol. The summed E-state index contributed by atoms with van der Waals surface area (Å²) >= 11 is 1.47. The van der Waals surface area contributed by atoms with Gasteiger partial charge in [-0.3, -0.25) is 4.79 Å². The van der Waals surface area contributed by atoms with Gasteiger partial charge in [-0.05, 0) is 5.56 Å². The Bertz CT molecular complexity index is 347. The number of rotatable bonds is 1. The summed E-state index contributed by atoms with van der Waals surface area (Å²) in [6.45, 7) is 3.71. The summed E-state index contributed by atoms with van der Waals surface area (Å²) in [6.07, 6.45) is 0.